The molecule has 0 aromatic heterocycles. The number of hydrogen-bond donors (Lipinski definition) is 0. The molecule has 0 saturated heterocycles. The summed E-state index contributed by atoms with van der Waals surface area (Å²) in [6, 6.07) is 0. The van der Waals surface area contributed by atoms with Gasteiger partial charge in [-0.25, -0.2) is 0 Å². The van der Waals surface area contributed by atoms with E-state index in [2.05, 4.69) is 26.5 Å². The Bertz CT molecular complexity index is 198. The van der Waals surface area contributed by atoms with Gasteiger partial charge in [-0.15, -0.1) is 0 Å². The number of allylic oxidation sites excluding steroid dienone is 3. The standard InChI is InChI=1S/C13H22/c1-4-11(2)9-10-13-8-6-5-7-12(13)3/h9,13H,3-8,10H2,1-2H3/b11-9-/t13-/m1/s1. The van der Waals surface area contributed by atoms with E-state index in [4.69, 9.17) is 0 Å². The molecule has 0 N–H and O–H groups in total. The van der Waals surface area contributed by atoms with Crippen LogP contribution < -0.4 is 0 Å². The molecule has 1 saturated carbocycles. The fourth-order valence-electron chi connectivity index (χ4n) is 1.92. The second kappa shape index (κ2) is 5.26. The molecule has 0 radical (unpaired) electrons. The van der Waals surface area contributed by atoms with Crippen LogP contribution in [0.1, 0.15) is 52.4 Å². The SMILES string of the molecule is C=C1CCCC[C@@H]1C/C=C(/C)CC. The van der Waals surface area contributed by atoms with Gasteiger partial charge in [-0.2, -0.15) is 0 Å². The van der Waals surface area contributed by atoms with Crippen molar-refractivity contribution >= 4 is 0 Å². The first-order chi connectivity index (χ1) is 6.24. The highest BCUT2D eigenvalue weighted by molar-refractivity contribution is 5.08. The van der Waals surface area contributed by atoms with Gasteiger partial charge in [-0.1, -0.05) is 37.1 Å². The maximum atomic E-state index is 4.17. The zero-order chi connectivity index (χ0) is 9.68. The molecule has 0 aromatic rings. The van der Waals surface area contributed by atoms with Gasteiger partial charge < -0.3 is 0 Å². The van der Waals surface area contributed by atoms with Gasteiger partial charge >= 0.3 is 0 Å². The van der Waals surface area contributed by atoms with Crippen LogP contribution in [0.25, 0.3) is 0 Å². The minimum atomic E-state index is 0.787. The molecule has 1 aliphatic carbocycles. The van der Waals surface area contributed by atoms with Crippen LogP contribution >= 0.6 is 0 Å². The molecule has 0 unspecified atom stereocenters. The van der Waals surface area contributed by atoms with Crippen LogP contribution in [-0.2, 0) is 0 Å². The van der Waals surface area contributed by atoms with Crippen molar-refractivity contribution in [1.29, 1.82) is 0 Å². The quantitative estimate of drug-likeness (QED) is 0.559. The monoisotopic (exact) mass is 178 g/mol. The Labute approximate surface area is 82.7 Å². The third-order valence-corrected chi connectivity index (χ3v) is 3.19. The fourth-order valence-corrected chi connectivity index (χ4v) is 1.92. The van der Waals surface area contributed by atoms with E-state index in [0.717, 1.165) is 5.92 Å². The van der Waals surface area contributed by atoms with Crippen LogP contribution in [0, 0.1) is 5.92 Å². The van der Waals surface area contributed by atoms with Crippen molar-refractivity contribution in [3.05, 3.63) is 23.8 Å². The summed E-state index contributed by atoms with van der Waals surface area (Å²) < 4.78 is 0. The molecule has 0 spiro atoms. The van der Waals surface area contributed by atoms with Gasteiger partial charge in [0.05, 0.1) is 0 Å². The smallest absolute Gasteiger partial charge is 0.0171 e. The van der Waals surface area contributed by atoms with Crippen LogP contribution in [0.2, 0.25) is 0 Å². The zero-order valence-electron chi connectivity index (χ0n) is 9.10. The molecular formula is C13H22. The molecule has 1 rings (SSSR count). The van der Waals surface area contributed by atoms with Crippen LogP contribution in [0.15, 0.2) is 23.8 Å². The van der Waals surface area contributed by atoms with Gasteiger partial charge in [0.2, 0.25) is 0 Å². The first-order valence-electron chi connectivity index (χ1n) is 5.57. The molecule has 1 fully saturated rings. The first-order valence-corrected chi connectivity index (χ1v) is 5.57. The summed E-state index contributed by atoms with van der Waals surface area (Å²) in [4.78, 5) is 0. The minimum Gasteiger partial charge on any atom is -0.0996 e. The summed E-state index contributed by atoms with van der Waals surface area (Å²) in [6.07, 6.45) is 10.2. The summed E-state index contributed by atoms with van der Waals surface area (Å²) in [6.45, 7) is 8.62. The molecular weight excluding hydrogens is 156 g/mol. The molecule has 74 valence electrons. The van der Waals surface area contributed by atoms with Crippen molar-refractivity contribution < 1.29 is 0 Å². The third kappa shape index (κ3) is 3.38. The lowest BCUT2D eigenvalue weighted by Crippen LogP contribution is -2.08. The average molecular weight is 178 g/mol. The summed E-state index contributed by atoms with van der Waals surface area (Å²) >= 11 is 0. The fraction of sp³-hybridized carbons (Fsp3) is 0.692. The lowest BCUT2D eigenvalue weighted by molar-refractivity contribution is 0.457. The lowest BCUT2D eigenvalue weighted by atomic mass is 9.83. The maximum Gasteiger partial charge on any atom is -0.0171 e. The Morgan fingerprint density at radius 1 is 1.54 bits per heavy atom. The third-order valence-electron chi connectivity index (χ3n) is 3.19. The first kappa shape index (κ1) is 10.6. The van der Waals surface area contributed by atoms with E-state index >= 15 is 0 Å². The van der Waals surface area contributed by atoms with Crippen molar-refractivity contribution in [2.24, 2.45) is 5.92 Å². The topological polar surface area (TPSA) is 0 Å². The summed E-state index contributed by atoms with van der Waals surface area (Å²) in [5.74, 6) is 0.787. The van der Waals surface area contributed by atoms with E-state index < -0.39 is 0 Å². The Balaban J connectivity index is 2.39. The van der Waals surface area contributed by atoms with Crippen molar-refractivity contribution in [1.82, 2.24) is 0 Å². The van der Waals surface area contributed by atoms with Crippen LogP contribution in [0.3, 0.4) is 0 Å². The van der Waals surface area contributed by atoms with Crippen LogP contribution in [0.5, 0.6) is 0 Å². The Morgan fingerprint density at radius 3 is 2.92 bits per heavy atom. The van der Waals surface area contributed by atoms with Crippen molar-refractivity contribution in [2.45, 2.75) is 52.4 Å². The van der Waals surface area contributed by atoms with Crippen LogP contribution in [0.4, 0.5) is 0 Å². The van der Waals surface area contributed by atoms with E-state index in [1.54, 1.807) is 0 Å². The Morgan fingerprint density at radius 2 is 2.31 bits per heavy atom. The van der Waals surface area contributed by atoms with Crippen LogP contribution in [-0.4, -0.2) is 0 Å². The van der Waals surface area contributed by atoms with E-state index in [1.807, 2.05) is 0 Å². The predicted molar refractivity (Wildman–Crippen MR) is 59.8 cm³/mol. The maximum absolute atomic E-state index is 4.17. The van der Waals surface area contributed by atoms with Gasteiger partial charge in [-0.3, -0.25) is 0 Å². The van der Waals surface area contributed by atoms with Crippen molar-refractivity contribution in [3.8, 4) is 0 Å². The van der Waals surface area contributed by atoms with E-state index in [0.29, 0.717) is 0 Å². The van der Waals surface area contributed by atoms with Crippen molar-refractivity contribution in [2.75, 3.05) is 0 Å². The number of rotatable bonds is 3. The molecule has 0 aliphatic heterocycles. The highest BCUT2D eigenvalue weighted by Crippen LogP contribution is 2.30. The Hall–Kier alpha value is -0.520. The molecule has 1 aliphatic rings. The van der Waals surface area contributed by atoms with Gasteiger partial charge in [0.25, 0.3) is 0 Å². The lowest BCUT2D eigenvalue weighted by Gasteiger charge is -2.23. The largest absolute Gasteiger partial charge is 0.0996 e. The number of hydrogen-bond acceptors (Lipinski definition) is 0. The molecule has 0 heterocycles. The highest BCUT2D eigenvalue weighted by Gasteiger charge is 2.15. The molecule has 0 bridgehead atoms. The molecule has 1 atom stereocenters. The van der Waals surface area contributed by atoms with Gasteiger partial charge in [0.1, 0.15) is 0 Å². The summed E-state index contributed by atoms with van der Waals surface area (Å²) in [7, 11) is 0. The molecule has 0 aromatic carbocycles. The normalized spacial score (nSPS) is 24.9. The molecule has 0 amide bonds. The summed E-state index contributed by atoms with van der Waals surface area (Å²) in [5, 5.41) is 0. The average Bonchev–Trinajstić information content (AvgIpc) is 2.16. The second-order valence-electron chi connectivity index (χ2n) is 4.24. The van der Waals surface area contributed by atoms with E-state index in [1.165, 1.54) is 49.7 Å². The van der Waals surface area contributed by atoms with Crippen molar-refractivity contribution in [3.63, 3.8) is 0 Å². The Kier molecular flexibility index (Phi) is 4.27. The predicted octanol–water partition coefficient (Wildman–Crippen LogP) is 4.48. The van der Waals surface area contributed by atoms with Gasteiger partial charge in [0.15, 0.2) is 0 Å². The molecule has 13 heavy (non-hydrogen) atoms. The minimum absolute atomic E-state index is 0.787. The molecule has 0 heteroatoms. The zero-order valence-corrected chi connectivity index (χ0v) is 9.10. The second-order valence-corrected chi connectivity index (χ2v) is 4.24. The van der Waals surface area contributed by atoms with Gasteiger partial charge in [0, 0.05) is 0 Å². The van der Waals surface area contributed by atoms with E-state index in [9.17, 15) is 0 Å². The van der Waals surface area contributed by atoms with E-state index in [-0.39, 0.29) is 0 Å². The van der Waals surface area contributed by atoms with Gasteiger partial charge in [-0.05, 0) is 44.9 Å². The highest BCUT2D eigenvalue weighted by atomic mass is 14.2. The molecule has 0 nitrogen and oxygen atoms in total. The summed E-state index contributed by atoms with van der Waals surface area (Å²) in [5.41, 5.74) is 3.02.